The lowest BCUT2D eigenvalue weighted by molar-refractivity contribution is 0.402. The summed E-state index contributed by atoms with van der Waals surface area (Å²) in [7, 11) is 1.54. The Morgan fingerprint density at radius 2 is 2.23 bits per heavy atom. The van der Waals surface area contributed by atoms with Crippen LogP contribution in [0.4, 0.5) is 5.13 Å². The first-order valence-corrected chi connectivity index (χ1v) is 4.04. The van der Waals surface area contributed by atoms with Gasteiger partial charge in [-0.2, -0.15) is 4.98 Å². The number of nitrogens with two attached hydrogens (primary N) is 1. The molecular formula is C6H7ClN4OS. The molecule has 0 aliphatic rings. The summed E-state index contributed by atoms with van der Waals surface area (Å²) < 4.78 is 4.98. The molecule has 0 bridgehead atoms. The fourth-order valence-electron chi connectivity index (χ4n) is 0.899. The topological polar surface area (TPSA) is 73.9 Å². The Kier molecular flexibility index (Phi) is 2.84. The van der Waals surface area contributed by atoms with Crippen molar-refractivity contribution in [1.82, 2.24) is 15.0 Å². The van der Waals surface area contributed by atoms with E-state index in [1.165, 1.54) is 24.8 Å². The lowest BCUT2D eigenvalue weighted by Gasteiger charge is -1.95. The van der Waals surface area contributed by atoms with Crippen molar-refractivity contribution in [3.63, 3.8) is 0 Å². The van der Waals surface area contributed by atoms with E-state index in [4.69, 9.17) is 10.5 Å². The lowest BCUT2D eigenvalue weighted by Crippen LogP contribution is -1.89. The van der Waals surface area contributed by atoms with Gasteiger partial charge in [0.1, 0.15) is 6.33 Å². The van der Waals surface area contributed by atoms with Crippen LogP contribution in [0.5, 0.6) is 5.88 Å². The van der Waals surface area contributed by atoms with E-state index >= 15 is 0 Å². The molecule has 2 N–H and O–H groups in total. The largest absolute Gasteiger partial charge is 0.479 e. The normalized spacial score (nSPS) is 9.62. The average molecular weight is 219 g/mol. The second-order valence-electron chi connectivity index (χ2n) is 2.09. The van der Waals surface area contributed by atoms with Gasteiger partial charge in [0.05, 0.1) is 7.11 Å². The molecule has 2 rings (SSSR count). The second-order valence-corrected chi connectivity index (χ2v) is 3.10. The van der Waals surface area contributed by atoms with E-state index in [9.17, 15) is 0 Å². The molecule has 0 fully saturated rings. The Hall–Kier alpha value is -1.14. The summed E-state index contributed by atoms with van der Waals surface area (Å²) >= 11 is 1.32. The minimum absolute atomic E-state index is 0. The van der Waals surface area contributed by atoms with Gasteiger partial charge in [-0.15, -0.1) is 12.4 Å². The Morgan fingerprint density at radius 1 is 1.46 bits per heavy atom. The maximum Gasteiger partial charge on any atom is 0.244 e. The summed E-state index contributed by atoms with van der Waals surface area (Å²) in [6, 6.07) is 0. The molecule has 0 saturated heterocycles. The number of hydrogen-bond donors (Lipinski definition) is 1. The molecule has 0 amide bonds. The van der Waals surface area contributed by atoms with E-state index in [0.717, 1.165) is 4.83 Å². The highest BCUT2D eigenvalue weighted by Crippen LogP contribution is 2.26. The van der Waals surface area contributed by atoms with Crippen LogP contribution in [0.2, 0.25) is 0 Å². The zero-order valence-electron chi connectivity index (χ0n) is 6.72. The first-order valence-electron chi connectivity index (χ1n) is 3.22. The van der Waals surface area contributed by atoms with E-state index in [1.807, 2.05) is 0 Å². The molecule has 0 aliphatic heterocycles. The molecule has 0 radical (unpaired) electrons. The maximum absolute atomic E-state index is 5.50. The van der Waals surface area contributed by atoms with Crippen molar-refractivity contribution < 1.29 is 4.74 Å². The molecule has 5 nitrogen and oxygen atoms in total. The van der Waals surface area contributed by atoms with Crippen LogP contribution in [-0.2, 0) is 0 Å². The quantitative estimate of drug-likeness (QED) is 0.776. The minimum atomic E-state index is 0. The number of nitrogens with zero attached hydrogens (tertiary/aromatic N) is 3. The van der Waals surface area contributed by atoms with Gasteiger partial charge in [-0.25, -0.2) is 9.97 Å². The highest BCUT2D eigenvalue weighted by Gasteiger charge is 2.07. The van der Waals surface area contributed by atoms with Gasteiger partial charge in [-0.05, 0) is 0 Å². The van der Waals surface area contributed by atoms with Gasteiger partial charge in [0.25, 0.3) is 0 Å². The predicted molar refractivity (Wildman–Crippen MR) is 53.4 cm³/mol. The van der Waals surface area contributed by atoms with Crippen LogP contribution in [-0.4, -0.2) is 22.1 Å². The van der Waals surface area contributed by atoms with E-state index in [1.54, 1.807) is 0 Å². The number of rotatable bonds is 1. The number of thiazole rings is 1. The van der Waals surface area contributed by atoms with Crippen LogP contribution in [0.15, 0.2) is 6.33 Å². The molecule has 70 valence electrons. The number of nitrogen functional groups attached to an aromatic ring is 1. The van der Waals surface area contributed by atoms with Crippen molar-refractivity contribution in [3.05, 3.63) is 6.33 Å². The molecule has 7 heteroatoms. The number of methoxy groups -OCH3 is 1. The highest BCUT2D eigenvalue weighted by atomic mass is 35.5. The van der Waals surface area contributed by atoms with Gasteiger partial charge in [-0.1, -0.05) is 11.3 Å². The zero-order valence-corrected chi connectivity index (χ0v) is 8.35. The molecule has 2 aromatic heterocycles. The monoisotopic (exact) mass is 218 g/mol. The summed E-state index contributed by atoms with van der Waals surface area (Å²) in [4.78, 5) is 12.7. The van der Waals surface area contributed by atoms with Gasteiger partial charge in [0, 0.05) is 0 Å². The van der Waals surface area contributed by atoms with Crippen molar-refractivity contribution in [1.29, 1.82) is 0 Å². The van der Waals surface area contributed by atoms with Crippen LogP contribution in [0.3, 0.4) is 0 Å². The van der Waals surface area contributed by atoms with Crippen molar-refractivity contribution in [2.45, 2.75) is 0 Å². The van der Waals surface area contributed by atoms with Crippen molar-refractivity contribution >= 4 is 39.2 Å². The summed E-state index contributed by atoms with van der Waals surface area (Å²) in [5.74, 6) is 0.466. The number of hydrogen-bond acceptors (Lipinski definition) is 6. The lowest BCUT2D eigenvalue weighted by atomic mass is 10.5. The zero-order chi connectivity index (χ0) is 8.55. The highest BCUT2D eigenvalue weighted by molar-refractivity contribution is 7.21. The first-order chi connectivity index (χ1) is 5.81. The van der Waals surface area contributed by atoms with Crippen molar-refractivity contribution in [2.75, 3.05) is 12.8 Å². The average Bonchev–Trinajstić information content (AvgIpc) is 2.44. The fourth-order valence-corrected chi connectivity index (χ4v) is 1.56. The molecule has 0 unspecified atom stereocenters. The smallest absolute Gasteiger partial charge is 0.244 e. The molecule has 2 heterocycles. The predicted octanol–water partition coefficient (Wildman–Crippen LogP) is 1.10. The Bertz CT molecular complexity index is 418. The molecule has 2 aromatic rings. The number of aromatic nitrogens is 3. The standard InChI is InChI=1S/C6H6N4OS.ClH/c1-11-4-3-5(9-2-8-4)12-6(7)10-3;/h2H,1H3,(H2,7,10);1H. The van der Waals surface area contributed by atoms with Gasteiger partial charge >= 0.3 is 0 Å². The molecule has 0 aromatic carbocycles. The number of fused-ring (bicyclic) bond motifs is 1. The second kappa shape index (κ2) is 3.71. The third kappa shape index (κ3) is 1.63. The van der Waals surface area contributed by atoms with Crippen molar-refractivity contribution in [2.24, 2.45) is 0 Å². The SMILES string of the molecule is COc1ncnc2sc(N)nc12.Cl. The summed E-state index contributed by atoms with van der Waals surface area (Å²) in [5, 5.41) is 0.476. The fraction of sp³-hybridized carbons (Fsp3) is 0.167. The summed E-state index contributed by atoms with van der Waals surface area (Å²) in [5.41, 5.74) is 6.13. The van der Waals surface area contributed by atoms with Gasteiger partial charge in [0.15, 0.2) is 15.5 Å². The molecule has 0 spiro atoms. The third-order valence-electron chi connectivity index (χ3n) is 1.37. The van der Waals surface area contributed by atoms with Gasteiger partial charge < -0.3 is 10.5 Å². The maximum atomic E-state index is 5.50. The van der Waals surface area contributed by atoms with E-state index in [2.05, 4.69) is 15.0 Å². The van der Waals surface area contributed by atoms with Crippen LogP contribution in [0.1, 0.15) is 0 Å². The molecule has 13 heavy (non-hydrogen) atoms. The Labute approximate surface area is 84.4 Å². The van der Waals surface area contributed by atoms with Gasteiger partial charge in [-0.3, -0.25) is 0 Å². The number of halogens is 1. The summed E-state index contributed by atoms with van der Waals surface area (Å²) in [6.45, 7) is 0. The number of anilines is 1. The van der Waals surface area contributed by atoms with E-state index < -0.39 is 0 Å². The van der Waals surface area contributed by atoms with Gasteiger partial charge in [0.2, 0.25) is 5.88 Å². The molecule has 0 atom stereocenters. The molecular weight excluding hydrogens is 212 g/mol. The third-order valence-corrected chi connectivity index (χ3v) is 2.16. The van der Waals surface area contributed by atoms with E-state index in [0.29, 0.717) is 16.5 Å². The van der Waals surface area contributed by atoms with E-state index in [-0.39, 0.29) is 12.4 Å². The summed E-state index contributed by atoms with van der Waals surface area (Å²) in [6.07, 6.45) is 1.43. The van der Waals surface area contributed by atoms with Crippen LogP contribution in [0.25, 0.3) is 10.3 Å². The molecule has 0 saturated carbocycles. The Morgan fingerprint density at radius 3 is 2.92 bits per heavy atom. The first kappa shape index (κ1) is 9.94. The minimum Gasteiger partial charge on any atom is -0.479 e. The van der Waals surface area contributed by atoms with Crippen molar-refractivity contribution in [3.8, 4) is 5.88 Å². The van der Waals surface area contributed by atoms with Crippen LogP contribution >= 0.6 is 23.7 Å². The Balaban J connectivity index is 0.000000845. The van der Waals surface area contributed by atoms with Crippen LogP contribution in [0, 0.1) is 0 Å². The number of ether oxygens (including phenoxy) is 1. The van der Waals surface area contributed by atoms with Crippen LogP contribution < -0.4 is 10.5 Å². The molecule has 0 aliphatic carbocycles.